The smallest absolute Gasteiger partial charge is 0.167 e. The summed E-state index contributed by atoms with van der Waals surface area (Å²) in [6, 6.07) is 17.3. The Labute approximate surface area is 157 Å². The number of rotatable bonds is 4. The Hall–Kier alpha value is -1.93. The van der Waals surface area contributed by atoms with Crippen molar-refractivity contribution in [3.05, 3.63) is 70.8 Å². The number of piperidine rings is 1. The van der Waals surface area contributed by atoms with Crippen molar-refractivity contribution in [2.75, 3.05) is 19.6 Å². The average Bonchev–Trinajstić information content (AvgIpc) is 2.71. The monoisotopic (exact) mass is 347 g/mol. The van der Waals surface area contributed by atoms with Gasteiger partial charge in [0.05, 0.1) is 0 Å². The lowest BCUT2D eigenvalue weighted by Gasteiger charge is -2.35. The zero-order valence-electron chi connectivity index (χ0n) is 15.8. The fourth-order valence-electron chi connectivity index (χ4n) is 4.65. The van der Waals surface area contributed by atoms with Gasteiger partial charge < -0.3 is 4.90 Å². The number of hydrogen-bond donors (Lipinski definition) is 0. The van der Waals surface area contributed by atoms with Crippen LogP contribution in [-0.2, 0) is 12.8 Å². The van der Waals surface area contributed by atoms with Gasteiger partial charge in [0.2, 0.25) is 0 Å². The van der Waals surface area contributed by atoms with E-state index in [9.17, 15) is 4.79 Å². The van der Waals surface area contributed by atoms with Crippen LogP contribution in [0.5, 0.6) is 0 Å². The van der Waals surface area contributed by atoms with Gasteiger partial charge in [-0.25, -0.2) is 0 Å². The van der Waals surface area contributed by atoms with Gasteiger partial charge in [0.25, 0.3) is 0 Å². The highest BCUT2D eigenvalue weighted by Gasteiger charge is 2.30. The number of Topliss-reactive ketones (excluding diaryl/α,β-unsaturated/α-hetero) is 1. The molecule has 1 heterocycles. The molecule has 2 heteroatoms. The molecule has 0 saturated carbocycles. The lowest BCUT2D eigenvalue weighted by molar-refractivity contribution is 0.0840. The van der Waals surface area contributed by atoms with Gasteiger partial charge in [-0.3, -0.25) is 4.79 Å². The normalized spacial score (nSPS) is 21.6. The van der Waals surface area contributed by atoms with E-state index in [2.05, 4.69) is 60.4 Å². The van der Waals surface area contributed by atoms with Gasteiger partial charge in [0.15, 0.2) is 5.78 Å². The molecule has 0 bridgehead atoms. The Morgan fingerprint density at radius 3 is 2.50 bits per heavy atom. The Morgan fingerprint density at radius 1 is 1.00 bits per heavy atom. The molecule has 0 aromatic heterocycles. The van der Waals surface area contributed by atoms with Crippen LogP contribution < -0.4 is 0 Å². The van der Waals surface area contributed by atoms with E-state index in [1.807, 2.05) is 0 Å². The molecular formula is C24H29NO. The van der Waals surface area contributed by atoms with Crippen molar-refractivity contribution >= 4 is 5.78 Å². The van der Waals surface area contributed by atoms with E-state index in [1.54, 1.807) is 0 Å². The van der Waals surface area contributed by atoms with E-state index >= 15 is 0 Å². The van der Waals surface area contributed by atoms with E-state index < -0.39 is 0 Å². The summed E-state index contributed by atoms with van der Waals surface area (Å²) in [7, 11) is 0. The maximum Gasteiger partial charge on any atom is 0.167 e. The summed E-state index contributed by atoms with van der Waals surface area (Å²) in [4.78, 5) is 15.5. The van der Waals surface area contributed by atoms with Gasteiger partial charge >= 0.3 is 0 Å². The lowest BCUT2D eigenvalue weighted by atomic mass is 9.81. The molecule has 136 valence electrons. The number of carbonyl (C=O) groups excluding carboxylic acids is 1. The number of nitrogens with zero attached hydrogens (tertiary/aromatic N) is 1. The molecule has 0 radical (unpaired) electrons. The van der Waals surface area contributed by atoms with Crippen LogP contribution in [0.4, 0.5) is 0 Å². The molecule has 0 amide bonds. The molecule has 2 aromatic carbocycles. The number of carbonyl (C=O) groups is 1. The molecule has 2 nitrogen and oxygen atoms in total. The number of aryl methyl sites for hydroxylation is 2. The quantitative estimate of drug-likeness (QED) is 0.786. The maximum atomic E-state index is 12.9. The zero-order valence-corrected chi connectivity index (χ0v) is 15.8. The first-order valence-electron chi connectivity index (χ1n) is 10.2. The third kappa shape index (κ3) is 3.61. The first-order valence-corrected chi connectivity index (χ1v) is 10.2. The summed E-state index contributed by atoms with van der Waals surface area (Å²) in [6.45, 7) is 5.35. The highest BCUT2D eigenvalue weighted by atomic mass is 16.1. The summed E-state index contributed by atoms with van der Waals surface area (Å²) < 4.78 is 0. The van der Waals surface area contributed by atoms with Crippen LogP contribution in [0.3, 0.4) is 0 Å². The molecule has 1 aliphatic heterocycles. The van der Waals surface area contributed by atoms with Crippen LogP contribution in [0.2, 0.25) is 0 Å². The standard InChI is InChI=1S/C24H29NO/c1-2-18-8-11-23-21(16-18)9-10-22(24(23)26)17-25-14-12-20(13-15-25)19-6-4-3-5-7-19/h3-8,11,16,20,22H,2,9-10,12-15,17H2,1H3. The van der Waals surface area contributed by atoms with Crippen molar-refractivity contribution in [1.82, 2.24) is 4.90 Å². The van der Waals surface area contributed by atoms with Crippen LogP contribution in [-0.4, -0.2) is 30.3 Å². The minimum Gasteiger partial charge on any atom is -0.303 e. The Morgan fingerprint density at radius 2 is 1.77 bits per heavy atom. The van der Waals surface area contributed by atoms with Gasteiger partial charge in [0, 0.05) is 18.0 Å². The van der Waals surface area contributed by atoms with Crippen LogP contribution in [0, 0.1) is 5.92 Å². The second-order valence-electron chi connectivity index (χ2n) is 7.93. The first-order chi connectivity index (χ1) is 12.7. The van der Waals surface area contributed by atoms with Gasteiger partial charge in [-0.2, -0.15) is 0 Å². The summed E-state index contributed by atoms with van der Waals surface area (Å²) >= 11 is 0. The molecule has 0 N–H and O–H groups in total. The minimum absolute atomic E-state index is 0.184. The van der Waals surface area contributed by atoms with Crippen molar-refractivity contribution in [2.24, 2.45) is 5.92 Å². The van der Waals surface area contributed by atoms with Gasteiger partial charge in [-0.15, -0.1) is 0 Å². The second kappa shape index (κ2) is 7.75. The second-order valence-corrected chi connectivity index (χ2v) is 7.93. The third-order valence-corrected chi connectivity index (χ3v) is 6.31. The molecule has 4 rings (SSSR count). The molecule has 2 aromatic rings. The van der Waals surface area contributed by atoms with Crippen molar-refractivity contribution in [1.29, 1.82) is 0 Å². The van der Waals surface area contributed by atoms with E-state index in [-0.39, 0.29) is 5.92 Å². The topological polar surface area (TPSA) is 20.3 Å². The predicted molar refractivity (Wildman–Crippen MR) is 107 cm³/mol. The fraction of sp³-hybridized carbons (Fsp3) is 0.458. The summed E-state index contributed by atoms with van der Waals surface area (Å²) in [5.74, 6) is 1.24. The maximum absolute atomic E-state index is 12.9. The van der Waals surface area contributed by atoms with Crippen LogP contribution >= 0.6 is 0 Å². The Bertz CT molecular complexity index is 759. The molecule has 1 unspecified atom stereocenters. The number of hydrogen-bond acceptors (Lipinski definition) is 2. The summed E-state index contributed by atoms with van der Waals surface area (Å²) in [5, 5.41) is 0. The SMILES string of the molecule is CCc1ccc2c(c1)CCC(CN1CCC(c3ccccc3)CC1)C2=O. The molecule has 1 aliphatic carbocycles. The van der Waals surface area contributed by atoms with E-state index in [4.69, 9.17) is 0 Å². The van der Waals surface area contributed by atoms with Gasteiger partial charge in [-0.05, 0) is 67.8 Å². The number of fused-ring (bicyclic) bond motifs is 1. The minimum atomic E-state index is 0.184. The molecular weight excluding hydrogens is 318 g/mol. The molecule has 2 aliphatic rings. The molecule has 1 fully saturated rings. The van der Waals surface area contributed by atoms with E-state index in [0.717, 1.165) is 44.5 Å². The molecule has 1 atom stereocenters. The van der Waals surface area contributed by atoms with Crippen LogP contribution in [0.1, 0.15) is 59.2 Å². The number of likely N-dealkylation sites (tertiary alicyclic amines) is 1. The zero-order chi connectivity index (χ0) is 17.9. The lowest BCUT2D eigenvalue weighted by Crippen LogP contribution is -2.40. The molecule has 0 spiro atoms. The summed E-state index contributed by atoms with van der Waals surface area (Å²) in [5.41, 5.74) is 5.07. The highest BCUT2D eigenvalue weighted by molar-refractivity contribution is 6.00. The highest BCUT2D eigenvalue weighted by Crippen LogP contribution is 2.31. The van der Waals surface area contributed by atoms with Crippen molar-refractivity contribution in [2.45, 2.75) is 44.9 Å². The predicted octanol–water partition coefficient (Wildman–Crippen LogP) is 4.87. The summed E-state index contributed by atoms with van der Waals surface area (Å²) in [6.07, 6.45) is 5.53. The molecule has 26 heavy (non-hydrogen) atoms. The third-order valence-electron chi connectivity index (χ3n) is 6.31. The van der Waals surface area contributed by atoms with E-state index in [0.29, 0.717) is 11.7 Å². The van der Waals surface area contributed by atoms with Crippen molar-refractivity contribution in [3.63, 3.8) is 0 Å². The van der Waals surface area contributed by atoms with Crippen molar-refractivity contribution < 1.29 is 4.79 Å². The fourth-order valence-corrected chi connectivity index (χ4v) is 4.65. The van der Waals surface area contributed by atoms with Gasteiger partial charge in [-0.1, -0.05) is 55.5 Å². The molecule has 1 saturated heterocycles. The largest absolute Gasteiger partial charge is 0.303 e. The number of benzene rings is 2. The van der Waals surface area contributed by atoms with Crippen LogP contribution in [0.15, 0.2) is 48.5 Å². The average molecular weight is 348 g/mol. The van der Waals surface area contributed by atoms with E-state index in [1.165, 1.54) is 29.5 Å². The Balaban J connectivity index is 1.36. The number of ketones is 1. The van der Waals surface area contributed by atoms with Gasteiger partial charge in [0.1, 0.15) is 0 Å². The Kier molecular flexibility index (Phi) is 5.21. The first kappa shape index (κ1) is 17.5. The van der Waals surface area contributed by atoms with Crippen LogP contribution in [0.25, 0.3) is 0 Å². The van der Waals surface area contributed by atoms with Crippen molar-refractivity contribution in [3.8, 4) is 0 Å².